The molecule has 1 atom stereocenters. The predicted molar refractivity (Wildman–Crippen MR) is 32.7 cm³/mol. The SMILES string of the molecule is Nc1noc([C@H](N)CO)n1. The number of nitrogens with zero attached hydrogens (tertiary/aromatic N) is 2. The molecule has 0 bridgehead atoms. The largest absolute Gasteiger partial charge is 0.394 e. The quantitative estimate of drug-likeness (QED) is 0.473. The summed E-state index contributed by atoms with van der Waals surface area (Å²) < 4.78 is 4.55. The first-order chi connectivity index (χ1) is 4.74. The minimum atomic E-state index is -0.634. The van der Waals surface area contributed by atoms with E-state index < -0.39 is 6.04 Å². The van der Waals surface area contributed by atoms with Gasteiger partial charge in [0.25, 0.3) is 5.95 Å². The van der Waals surface area contributed by atoms with E-state index in [9.17, 15) is 0 Å². The molecule has 1 rings (SSSR count). The number of nitrogen functional groups attached to an aromatic ring is 1. The van der Waals surface area contributed by atoms with Gasteiger partial charge in [0.05, 0.1) is 6.61 Å². The van der Waals surface area contributed by atoms with Crippen LogP contribution in [0.15, 0.2) is 4.52 Å². The first-order valence-electron chi connectivity index (χ1n) is 2.69. The molecule has 0 unspecified atom stereocenters. The zero-order valence-electron chi connectivity index (χ0n) is 5.19. The lowest BCUT2D eigenvalue weighted by Gasteiger charge is -1.97. The van der Waals surface area contributed by atoms with Crippen LogP contribution in [0.4, 0.5) is 5.95 Å². The van der Waals surface area contributed by atoms with Crippen molar-refractivity contribution in [2.24, 2.45) is 5.73 Å². The number of aliphatic hydroxyl groups excluding tert-OH is 1. The zero-order chi connectivity index (χ0) is 7.56. The summed E-state index contributed by atoms with van der Waals surface area (Å²) in [6.45, 7) is -0.234. The molecule has 0 aromatic carbocycles. The molecule has 10 heavy (non-hydrogen) atoms. The van der Waals surface area contributed by atoms with Gasteiger partial charge >= 0.3 is 0 Å². The lowest BCUT2D eigenvalue weighted by Crippen LogP contribution is -2.14. The Labute approximate surface area is 56.8 Å². The minimum absolute atomic E-state index is 0.0268. The molecule has 0 spiro atoms. The fourth-order valence-electron chi connectivity index (χ4n) is 0.476. The lowest BCUT2D eigenvalue weighted by molar-refractivity contribution is 0.237. The number of aliphatic hydroxyl groups is 1. The summed E-state index contributed by atoms with van der Waals surface area (Å²) >= 11 is 0. The van der Waals surface area contributed by atoms with Crippen molar-refractivity contribution in [3.05, 3.63) is 5.89 Å². The van der Waals surface area contributed by atoms with E-state index in [0.29, 0.717) is 0 Å². The summed E-state index contributed by atoms with van der Waals surface area (Å²) in [6.07, 6.45) is 0. The highest BCUT2D eigenvalue weighted by Gasteiger charge is 2.11. The number of anilines is 1. The standard InChI is InChI=1S/C4H8N4O2/c5-2(1-9)3-7-4(6)8-10-3/h2,9H,1,5H2,(H2,6,8)/t2-/m1/s1. The van der Waals surface area contributed by atoms with Crippen LogP contribution in [0.1, 0.15) is 11.9 Å². The van der Waals surface area contributed by atoms with E-state index in [-0.39, 0.29) is 18.4 Å². The monoisotopic (exact) mass is 144 g/mol. The summed E-state index contributed by atoms with van der Waals surface area (Å²) in [6, 6.07) is -0.634. The van der Waals surface area contributed by atoms with Gasteiger partial charge in [-0.15, -0.1) is 0 Å². The normalized spacial score (nSPS) is 13.4. The second kappa shape index (κ2) is 2.63. The third-order valence-corrected chi connectivity index (χ3v) is 0.971. The van der Waals surface area contributed by atoms with Gasteiger partial charge in [-0.25, -0.2) is 0 Å². The first-order valence-corrected chi connectivity index (χ1v) is 2.69. The summed E-state index contributed by atoms with van der Waals surface area (Å²) in [5.41, 5.74) is 10.4. The van der Waals surface area contributed by atoms with Crippen LogP contribution in [0.2, 0.25) is 0 Å². The van der Waals surface area contributed by atoms with Gasteiger partial charge in [0.2, 0.25) is 5.89 Å². The molecule has 0 radical (unpaired) electrons. The van der Waals surface area contributed by atoms with E-state index in [2.05, 4.69) is 14.7 Å². The van der Waals surface area contributed by atoms with Crippen LogP contribution in [0.3, 0.4) is 0 Å². The van der Waals surface area contributed by atoms with Gasteiger partial charge in [0.15, 0.2) is 0 Å². The average molecular weight is 144 g/mol. The van der Waals surface area contributed by atoms with Gasteiger partial charge in [0, 0.05) is 0 Å². The van der Waals surface area contributed by atoms with E-state index in [0.717, 1.165) is 0 Å². The highest BCUT2D eigenvalue weighted by atomic mass is 16.5. The minimum Gasteiger partial charge on any atom is -0.394 e. The molecule has 1 aromatic heterocycles. The molecular formula is C4H8N4O2. The van der Waals surface area contributed by atoms with E-state index in [4.69, 9.17) is 16.6 Å². The van der Waals surface area contributed by atoms with E-state index in [1.54, 1.807) is 0 Å². The fraction of sp³-hybridized carbons (Fsp3) is 0.500. The van der Waals surface area contributed by atoms with Crippen LogP contribution in [0.5, 0.6) is 0 Å². The number of nitrogens with two attached hydrogens (primary N) is 2. The number of rotatable bonds is 2. The molecule has 0 amide bonds. The van der Waals surface area contributed by atoms with E-state index in [1.165, 1.54) is 0 Å². The van der Waals surface area contributed by atoms with Gasteiger partial charge in [-0.2, -0.15) is 4.98 Å². The van der Waals surface area contributed by atoms with Crippen LogP contribution >= 0.6 is 0 Å². The molecule has 6 nitrogen and oxygen atoms in total. The molecule has 0 aliphatic carbocycles. The fourth-order valence-corrected chi connectivity index (χ4v) is 0.476. The topological polar surface area (TPSA) is 111 Å². The Kier molecular flexibility index (Phi) is 1.83. The molecule has 0 aliphatic heterocycles. The summed E-state index contributed by atoms with van der Waals surface area (Å²) in [7, 11) is 0. The Bertz CT molecular complexity index is 211. The van der Waals surface area contributed by atoms with Crippen molar-refractivity contribution in [1.82, 2.24) is 10.1 Å². The van der Waals surface area contributed by atoms with E-state index >= 15 is 0 Å². The molecule has 6 heteroatoms. The van der Waals surface area contributed by atoms with Crippen LogP contribution in [0, 0.1) is 0 Å². The van der Waals surface area contributed by atoms with Crippen molar-refractivity contribution in [2.45, 2.75) is 6.04 Å². The highest BCUT2D eigenvalue weighted by Crippen LogP contribution is 2.05. The van der Waals surface area contributed by atoms with E-state index in [1.807, 2.05) is 0 Å². The van der Waals surface area contributed by atoms with Gasteiger partial charge in [0.1, 0.15) is 6.04 Å². The Balaban J connectivity index is 2.74. The molecular weight excluding hydrogens is 136 g/mol. The maximum atomic E-state index is 8.50. The van der Waals surface area contributed by atoms with Gasteiger partial charge in [-0.3, -0.25) is 0 Å². The summed E-state index contributed by atoms with van der Waals surface area (Å²) in [5.74, 6) is 0.180. The molecule has 1 heterocycles. The first kappa shape index (κ1) is 6.97. The van der Waals surface area contributed by atoms with Crippen molar-refractivity contribution in [1.29, 1.82) is 0 Å². The average Bonchev–Trinajstić information content (AvgIpc) is 2.34. The Morgan fingerprint density at radius 3 is 2.80 bits per heavy atom. The summed E-state index contributed by atoms with van der Waals surface area (Å²) in [4.78, 5) is 3.60. The Hall–Kier alpha value is -1.14. The molecule has 5 N–H and O–H groups in total. The van der Waals surface area contributed by atoms with Gasteiger partial charge in [-0.05, 0) is 5.16 Å². The number of aromatic nitrogens is 2. The molecule has 0 saturated carbocycles. The zero-order valence-corrected chi connectivity index (χ0v) is 5.19. The van der Waals surface area contributed by atoms with Crippen molar-refractivity contribution < 1.29 is 9.63 Å². The van der Waals surface area contributed by atoms with Crippen molar-refractivity contribution in [2.75, 3.05) is 12.3 Å². The van der Waals surface area contributed by atoms with Crippen molar-refractivity contribution in [3.63, 3.8) is 0 Å². The number of hydrogen-bond donors (Lipinski definition) is 3. The lowest BCUT2D eigenvalue weighted by atomic mass is 10.3. The second-order valence-electron chi connectivity index (χ2n) is 1.78. The Morgan fingerprint density at radius 2 is 2.40 bits per heavy atom. The van der Waals surface area contributed by atoms with Crippen LogP contribution < -0.4 is 11.5 Å². The van der Waals surface area contributed by atoms with Gasteiger partial charge in [-0.1, -0.05) is 0 Å². The third-order valence-electron chi connectivity index (χ3n) is 0.971. The van der Waals surface area contributed by atoms with Crippen molar-refractivity contribution >= 4 is 5.95 Å². The molecule has 0 aliphatic rings. The predicted octanol–water partition coefficient (Wildman–Crippen LogP) is -1.36. The molecule has 0 saturated heterocycles. The third kappa shape index (κ3) is 1.23. The maximum absolute atomic E-state index is 8.50. The van der Waals surface area contributed by atoms with Crippen molar-refractivity contribution in [3.8, 4) is 0 Å². The van der Waals surface area contributed by atoms with Crippen LogP contribution in [0.25, 0.3) is 0 Å². The van der Waals surface area contributed by atoms with Crippen LogP contribution in [-0.4, -0.2) is 21.9 Å². The maximum Gasteiger partial charge on any atom is 0.260 e. The summed E-state index contributed by atoms with van der Waals surface area (Å²) in [5, 5.41) is 11.8. The smallest absolute Gasteiger partial charge is 0.260 e. The number of hydrogen-bond acceptors (Lipinski definition) is 6. The highest BCUT2D eigenvalue weighted by molar-refractivity contribution is 5.11. The molecule has 1 aromatic rings. The van der Waals surface area contributed by atoms with Crippen LogP contribution in [-0.2, 0) is 0 Å². The van der Waals surface area contributed by atoms with Gasteiger partial charge < -0.3 is 21.1 Å². The molecule has 0 fully saturated rings. The molecule has 56 valence electrons. The second-order valence-corrected chi connectivity index (χ2v) is 1.78. The Morgan fingerprint density at radius 1 is 1.70 bits per heavy atom.